The van der Waals surface area contributed by atoms with Gasteiger partial charge in [-0.3, -0.25) is 24.1 Å². The molecule has 7 aromatic heterocycles. The number of morpholine rings is 1. The van der Waals surface area contributed by atoms with Gasteiger partial charge in [0.25, 0.3) is 17.7 Å². The molecule has 102 heavy (non-hydrogen) atoms. The van der Waals surface area contributed by atoms with Crippen LogP contribution in [0.1, 0.15) is 134 Å². The van der Waals surface area contributed by atoms with Gasteiger partial charge in [0.2, 0.25) is 5.91 Å². The van der Waals surface area contributed by atoms with E-state index in [4.69, 9.17) is 53.1 Å². The summed E-state index contributed by atoms with van der Waals surface area (Å²) in [6, 6.07) is 1.05. The van der Waals surface area contributed by atoms with Crippen LogP contribution < -0.4 is 26.6 Å². The number of amides is 4. The first-order valence-electron chi connectivity index (χ1n) is 32.5. The van der Waals surface area contributed by atoms with E-state index in [2.05, 4.69) is 55.3 Å². The monoisotopic (exact) mass is 1490 g/mol. The molecule has 36 heteroatoms. The number of fused-ring (bicyclic) bond motifs is 15. The number of aliphatic hydroxyl groups is 2. The maximum atomic E-state index is 15.2. The highest BCUT2D eigenvalue weighted by Gasteiger charge is 2.50. The van der Waals surface area contributed by atoms with Gasteiger partial charge in [0.15, 0.2) is 18.1 Å². The number of allylic oxidation sites excluding steroid dienone is 1. The number of aromatic hydroxyl groups is 1. The van der Waals surface area contributed by atoms with E-state index in [1.165, 1.54) is 60.6 Å². The Labute approximate surface area is 603 Å². The molecule has 2 saturated heterocycles. The molecule has 10 atom stereocenters. The van der Waals surface area contributed by atoms with Gasteiger partial charge in [-0.1, -0.05) is 12.1 Å². The van der Waals surface area contributed by atoms with Crippen LogP contribution in [0.5, 0.6) is 5.75 Å². The average molecular weight is 1500 g/mol. The average Bonchev–Trinajstić information content (AvgIpc) is 1.58. The molecule has 1 aromatic carbocycles. The lowest BCUT2D eigenvalue weighted by Crippen LogP contribution is -2.62. The number of hydrogen-bond acceptors (Lipinski definition) is 31. The topological polar surface area (TPSA) is 397 Å². The number of hydrogen-bond donors (Lipinski definition) is 9. The number of carbonyl (C=O) groups excluding carboxylic acids is 6. The smallest absolute Gasteiger partial charge is 0.358 e. The number of cyclic esters (lactones) is 2. The maximum Gasteiger partial charge on any atom is 0.358 e. The zero-order valence-electron chi connectivity index (χ0n) is 56.6. The second-order valence-corrected chi connectivity index (χ2v) is 30.5. The largest absolute Gasteiger partial charge is 0.506 e. The second-order valence-electron chi connectivity index (χ2n) is 26.2. The fraction of sp³-hybridized carbons (Fsp3) is 0.455. The van der Waals surface area contributed by atoms with Crippen LogP contribution in [0.2, 0.25) is 0 Å². The number of aliphatic hydroxyl groups excluding tert-OH is 1. The Morgan fingerprint density at radius 3 is 2.25 bits per heavy atom. The van der Waals surface area contributed by atoms with Gasteiger partial charge in [-0.05, 0) is 73.3 Å². The molecule has 2 fully saturated rings. The molecule has 0 unspecified atom stereocenters. The molecule has 5 aliphatic rings. The third-order valence-electron chi connectivity index (χ3n) is 18.3. The van der Waals surface area contributed by atoms with Crippen LogP contribution in [-0.4, -0.2) is 215 Å². The summed E-state index contributed by atoms with van der Waals surface area (Å²) in [7, 11) is 4.90. The van der Waals surface area contributed by atoms with Crippen LogP contribution in [0.3, 0.4) is 0 Å². The van der Waals surface area contributed by atoms with Crippen molar-refractivity contribution in [3.05, 3.63) is 112 Å². The minimum Gasteiger partial charge on any atom is -0.506 e. The molecule has 0 aliphatic carbocycles. The molecule has 8 aromatic rings. The number of nitrogens with one attached hydrogen (secondary N) is 5. The Hall–Kier alpha value is -8.34. The van der Waals surface area contributed by atoms with Gasteiger partial charge in [-0.25, -0.2) is 39.5 Å². The number of pyridine rings is 1. The predicted molar refractivity (Wildman–Crippen MR) is 372 cm³/mol. The molecule has 0 spiro atoms. The van der Waals surface area contributed by atoms with Crippen LogP contribution in [0.25, 0.3) is 49.3 Å². The standard InChI is InChI=1S/C66H74N14O17S5/c1-29(81)45-57(86)76-46(30(2)91-9)60-72-40(27-101-60)56(85)77-49-51-52(97-43-18-66(6,89)53(78(7)8)31(3)96-43)64(88)94-20-32-11-10-12-41-44(32)35(21-93-51)50(80(41)90)63(87)95-22-36(69-54(83)38-26-102-62(49)73-38)59-70-37(24-100-59)47-34(58-71-39(25-99-58)55(84)75-45)17-42(82)48(74-47)61-68-33(23-98-61)19-67-28-65(4,5)79-13-15-92-16-14-79/h10-12,17,23-27,29,31,36,43,45,49,51-53,67,81-82,89-90H,13-16,18-22,28H2,1-9H3,(H,69,83)(H,75,84)(H,76,86)(H,77,85)/b46-30+/t29-,31+,36+,43+,45+,49+,51+,52+,53-,66+/m1/s1. The number of carbonyl (C=O) groups is 6. The van der Waals surface area contributed by atoms with Crippen molar-refractivity contribution in [1.82, 2.24) is 71.0 Å². The molecule has 0 radical (unpaired) electrons. The van der Waals surface area contributed by atoms with Crippen molar-refractivity contribution >= 4 is 109 Å². The zero-order chi connectivity index (χ0) is 72.2. The number of rotatable bonds is 11. The third kappa shape index (κ3) is 14.5. The van der Waals surface area contributed by atoms with Crippen molar-refractivity contribution in [3.8, 4) is 38.4 Å². The number of thiazole rings is 5. The summed E-state index contributed by atoms with van der Waals surface area (Å²) < 4.78 is 44.1. The fourth-order valence-electron chi connectivity index (χ4n) is 13.3. The normalized spacial score (nSPS) is 25.0. The van der Waals surface area contributed by atoms with Gasteiger partial charge in [0.1, 0.15) is 114 Å². The molecule has 13 rings (SSSR count). The molecule has 12 heterocycles. The van der Waals surface area contributed by atoms with E-state index in [1.807, 2.05) is 5.38 Å². The first kappa shape index (κ1) is 72.0. The van der Waals surface area contributed by atoms with Gasteiger partial charge in [0, 0.05) is 81.6 Å². The lowest BCUT2D eigenvalue weighted by molar-refractivity contribution is -0.280. The van der Waals surface area contributed by atoms with Crippen LogP contribution in [0.15, 0.2) is 56.9 Å². The van der Waals surface area contributed by atoms with Crippen molar-refractivity contribution in [2.45, 2.75) is 134 Å². The Bertz CT molecular complexity index is 4570. The highest BCUT2D eigenvalue weighted by Crippen LogP contribution is 2.43. The van der Waals surface area contributed by atoms with Crippen LogP contribution in [0, 0.1) is 0 Å². The van der Waals surface area contributed by atoms with Crippen LogP contribution in [0.4, 0.5) is 0 Å². The lowest BCUT2D eigenvalue weighted by Gasteiger charge is -2.48. The number of esters is 2. The highest BCUT2D eigenvalue weighted by atomic mass is 32.1. The van der Waals surface area contributed by atoms with Crippen molar-refractivity contribution in [3.63, 3.8) is 0 Å². The number of benzene rings is 1. The number of nitrogens with zero attached hydrogens (tertiary/aromatic N) is 9. The number of methoxy groups -OCH3 is 1. The minimum absolute atomic E-state index is 0.0120. The van der Waals surface area contributed by atoms with Crippen molar-refractivity contribution < 1.29 is 82.5 Å². The van der Waals surface area contributed by atoms with Crippen molar-refractivity contribution in [2.24, 2.45) is 0 Å². The molecular formula is C66H74N14O17S5. The molecule has 5 aliphatic heterocycles. The summed E-state index contributed by atoms with van der Waals surface area (Å²) in [5.74, 6) is -5.92. The molecule has 9 N–H and O–H groups in total. The zero-order valence-corrected chi connectivity index (χ0v) is 60.7. The fourth-order valence-corrected chi connectivity index (χ4v) is 17.5. The van der Waals surface area contributed by atoms with Gasteiger partial charge >= 0.3 is 11.9 Å². The first-order chi connectivity index (χ1) is 48.7. The summed E-state index contributed by atoms with van der Waals surface area (Å²) in [6.45, 7) is 12.7. The molecule has 12 bridgehead atoms. The minimum atomic E-state index is -1.89. The number of likely N-dealkylation sites (N-methyl/N-ethyl adjacent to an activating group) is 1. The molecule has 4 amide bonds. The first-order valence-corrected chi connectivity index (χ1v) is 36.9. The van der Waals surface area contributed by atoms with Gasteiger partial charge in [0.05, 0.1) is 62.0 Å². The molecule has 31 nitrogen and oxygen atoms in total. The van der Waals surface area contributed by atoms with E-state index in [1.54, 1.807) is 50.4 Å². The molecule has 540 valence electrons. The van der Waals surface area contributed by atoms with Gasteiger partial charge < -0.3 is 85.2 Å². The van der Waals surface area contributed by atoms with E-state index in [0.29, 0.717) is 47.3 Å². The van der Waals surface area contributed by atoms with E-state index in [9.17, 15) is 30.1 Å². The van der Waals surface area contributed by atoms with E-state index < -0.39 is 122 Å². The van der Waals surface area contributed by atoms with Crippen molar-refractivity contribution in [1.29, 1.82) is 0 Å². The Morgan fingerprint density at radius 2 is 1.52 bits per heavy atom. The number of ether oxygens (including phenoxy) is 7. The third-order valence-corrected chi connectivity index (χ3v) is 22.8. The summed E-state index contributed by atoms with van der Waals surface area (Å²) in [5, 5.41) is 70.7. The summed E-state index contributed by atoms with van der Waals surface area (Å²) in [4.78, 5) is 123. The maximum absolute atomic E-state index is 15.2. The highest BCUT2D eigenvalue weighted by molar-refractivity contribution is 7.14. The second kappa shape index (κ2) is 29.4. The Kier molecular flexibility index (Phi) is 20.8. The van der Waals surface area contributed by atoms with Gasteiger partial charge in [-0.2, -0.15) is 4.73 Å². The number of aromatic nitrogens is 7. The van der Waals surface area contributed by atoms with Crippen molar-refractivity contribution in [2.75, 3.05) is 60.7 Å². The Morgan fingerprint density at radius 1 is 0.843 bits per heavy atom. The van der Waals surface area contributed by atoms with E-state index in [-0.39, 0.29) is 105 Å². The van der Waals surface area contributed by atoms with Gasteiger partial charge in [-0.15, -0.1) is 56.7 Å². The Balaban J connectivity index is 0.955. The van der Waals surface area contributed by atoms with Crippen LogP contribution in [-0.2, 0) is 62.5 Å². The lowest BCUT2D eigenvalue weighted by atomic mass is 9.85. The SMILES string of the molecule is CO/C(C)=C1/NC(=O)[C@H]([C@@H](C)O)NC(=O)c2csc(n2)-c2cc(O)c(-c3nc(CNCC(C)(C)N4CCOCC4)cs3)nc2-c2csc(n2)[C@@H]2COC(=O)c3c4c5c(cccc5n3O)COC(=O)[C@@H](O[C@H]3C[C@](C)(O)[C@H](N(C)C)[C@H](C)O3)[C@@H](OC4)[C@H](NC(=O)c3csc1n3)c1nc(cs1)C(=O)N2. The summed E-state index contributed by atoms with van der Waals surface area (Å²) in [6.07, 6.45) is -7.40. The summed E-state index contributed by atoms with van der Waals surface area (Å²) >= 11 is 5.07. The predicted octanol–water partition coefficient (Wildman–Crippen LogP) is 5.36. The van der Waals surface area contributed by atoms with E-state index in [0.717, 1.165) is 58.4 Å². The summed E-state index contributed by atoms with van der Waals surface area (Å²) in [5.41, 5.74) is -1.15. The molecular weight excluding hydrogens is 1420 g/mol. The quantitative estimate of drug-likeness (QED) is 0.0447. The molecule has 0 saturated carbocycles. The van der Waals surface area contributed by atoms with Crippen LogP contribution >= 0.6 is 56.7 Å². The van der Waals surface area contributed by atoms with E-state index >= 15 is 19.2 Å².